The zero-order chi connectivity index (χ0) is 88.9. The number of imidazole rings is 4. The highest BCUT2D eigenvalue weighted by Crippen LogP contribution is 2.40. The molecule has 0 aromatic carbocycles. The molecule has 2 aliphatic carbocycles. The van der Waals surface area contributed by atoms with Crippen molar-refractivity contribution in [2.24, 2.45) is 0 Å². The topological polar surface area (TPSA) is 398 Å². The number of likely N-dealkylation sites (tertiary alicyclic amines) is 1. The Hall–Kier alpha value is -11.2. The lowest BCUT2D eigenvalue weighted by molar-refractivity contribution is -0.00230. The van der Waals surface area contributed by atoms with E-state index in [0.717, 1.165) is 249 Å². The van der Waals surface area contributed by atoms with E-state index in [1.54, 1.807) is 24.8 Å². The Labute approximate surface area is 782 Å². The highest BCUT2D eigenvalue weighted by Gasteiger charge is 2.40. The monoisotopic (exact) mass is 1860 g/mol. The Balaban J connectivity index is 0.000000148. The number of piperidine rings is 1. The van der Waals surface area contributed by atoms with Crippen LogP contribution in [0, 0.1) is 27.7 Å². The summed E-state index contributed by atoms with van der Waals surface area (Å²) in [5, 5.41) is 65.5. The molecule has 17 heterocycles. The number of anilines is 8. The van der Waals surface area contributed by atoms with E-state index in [1.807, 2.05) is 120 Å². The largest absolute Gasteiger partial charge is 0.394 e. The van der Waals surface area contributed by atoms with E-state index in [1.165, 1.54) is 97.5 Å². The van der Waals surface area contributed by atoms with Crippen molar-refractivity contribution in [3.63, 3.8) is 0 Å². The molecule has 0 spiro atoms. The lowest BCUT2D eigenvalue weighted by Gasteiger charge is -2.45. The number of fused-ring (bicyclic) bond motifs is 4. The highest BCUT2D eigenvalue weighted by molar-refractivity contribution is 7.11. The first-order valence-corrected chi connectivity index (χ1v) is 47.5. The number of likely N-dealkylation sites (N-methyl/N-ethyl adjacent to an activating group) is 2. The number of aliphatic hydroxyl groups excluding tert-OH is 2. The van der Waals surface area contributed by atoms with Gasteiger partial charge in [0.15, 0.2) is 45.9 Å². The third-order valence-electron chi connectivity index (χ3n) is 24.7. The van der Waals surface area contributed by atoms with Gasteiger partial charge in [-0.05, 0) is 196 Å². The number of hydrogen-bond acceptors (Lipinski definition) is 31. The molecule has 698 valence electrons. The summed E-state index contributed by atoms with van der Waals surface area (Å²) in [7, 11) is 0. The molecule has 10 N–H and O–H groups in total. The molecule has 16 aromatic heterocycles. The standard InChI is InChI=1S/C23H30N8OS.2C22H28N8OS.C22H30N8S.3CH4/c1-3-30(23(15-32)7-5-4-6-8-23)14-18-9-20(33-29-18)28-21-22-24-12-19(17-10-25-26-11-17)31(22)13-16(2)27-21;1-3-29(22(14-31)6-4-5-7-22)13-17-8-19(32-28-17)27-20-21-23-11-18(16-9-24-25-10-16)30(21)12-15(2)26-20;1-3-31-14-18-6-4-5-7-29(18)13-17-8-20(32-28-17)27-21-22-23-11-19(16-9-24-25-10-16)30(22)12-15(2)26-21;1-6-8-29(22(4,5)7-2)14-17-9-19(31-28-17)27-20-21-23-12-18(16-10-24-25-11-16)30(21)13-15(3)26-20;;;/h9-13,32H,3-8,14-15H2,1-2H3,(H,25,26)(H,27,28);8-12,31H,3-7,13-14H2,1-2H3,(H,24,25)(H,26,27);8-12,18H,3-7,13-14H2,1-2H3,(H,24,25)(H,26,27);9-13H,6-8,14H2,1-5H3,(H,24,25)(H,26,27);3*1H4/t;;18-;;;;/m..1..../s1. The summed E-state index contributed by atoms with van der Waals surface area (Å²) in [6, 6.07) is 8.89. The quantitative estimate of drug-likeness (QED) is 0.0183. The summed E-state index contributed by atoms with van der Waals surface area (Å²) >= 11 is 5.77. The summed E-state index contributed by atoms with van der Waals surface area (Å²) in [4.78, 5) is 47.0. The van der Waals surface area contributed by atoms with Gasteiger partial charge in [-0.2, -0.15) is 37.9 Å². The molecular weight excluding hydrogens is 1730 g/mol. The number of hydrogen-bond donors (Lipinski definition) is 10. The number of aryl methyl sites for hydroxylation is 4. The van der Waals surface area contributed by atoms with Gasteiger partial charge in [-0.15, -0.1) is 0 Å². The zero-order valence-electron chi connectivity index (χ0n) is 74.7. The predicted molar refractivity (Wildman–Crippen MR) is 526 cm³/mol. The van der Waals surface area contributed by atoms with Crippen LogP contribution in [0.2, 0.25) is 0 Å². The first kappa shape index (κ1) is 97.3. The van der Waals surface area contributed by atoms with E-state index in [-0.39, 0.29) is 52.1 Å². The maximum absolute atomic E-state index is 10.2. The van der Waals surface area contributed by atoms with Gasteiger partial charge in [0.2, 0.25) is 0 Å². The average molecular weight is 1860 g/mol. The molecule has 2 saturated carbocycles. The van der Waals surface area contributed by atoms with E-state index >= 15 is 0 Å². The molecule has 35 nitrogen and oxygen atoms in total. The minimum absolute atomic E-state index is 0. The minimum atomic E-state index is -0.117. The third kappa shape index (κ3) is 22.4. The Morgan fingerprint density at radius 1 is 0.458 bits per heavy atom. The SMILES string of the molecule is C.C.C.CCCN(Cc1cc(Nc2nc(C)cn3c(-c4cn[nH]c4)cnc23)sn1)C(C)(C)CC.CCN(Cc1cc(Nc2nc(C)cn3c(-c4cn[nH]c4)cnc23)sn1)C1(CO)CCCC1.CCN(Cc1cc(Nc2nc(C)cn3c(-c4cn[nH]c4)cnc23)sn1)C1(CO)CCCCC1.CCOC[C@H]1CCCCN1Cc1cc(Nc2nc(C)cn3c(-c4cn[nH]c4)cnc23)sn1. The first-order valence-electron chi connectivity index (χ1n) is 44.4. The van der Waals surface area contributed by atoms with Crippen LogP contribution in [-0.2, 0) is 30.9 Å². The van der Waals surface area contributed by atoms with Gasteiger partial charge in [0, 0.05) is 127 Å². The molecule has 0 bridgehead atoms. The molecule has 19 rings (SSSR count). The minimum Gasteiger partial charge on any atom is -0.394 e. The number of aliphatic hydroxyl groups is 2. The smallest absolute Gasteiger partial charge is 0.180 e. The summed E-state index contributed by atoms with van der Waals surface area (Å²) in [5.74, 6) is 2.85. The Kier molecular flexibility index (Phi) is 32.9. The van der Waals surface area contributed by atoms with Crippen molar-refractivity contribution in [3.05, 3.63) is 169 Å². The molecule has 1 saturated heterocycles. The van der Waals surface area contributed by atoms with Crippen LogP contribution >= 0.6 is 46.1 Å². The molecule has 0 unspecified atom stereocenters. The fourth-order valence-electron chi connectivity index (χ4n) is 17.7. The molecular formula is C92H128N32O3S4. The number of nitrogens with zero attached hydrogens (tertiary/aromatic N) is 24. The molecule has 131 heavy (non-hydrogen) atoms. The summed E-state index contributed by atoms with van der Waals surface area (Å²) in [6.45, 7) is 32.5. The normalized spacial score (nSPS) is 15.0. The van der Waals surface area contributed by atoms with Crippen molar-refractivity contribution in [3.8, 4) is 45.0 Å². The van der Waals surface area contributed by atoms with Crippen LogP contribution in [0.25, 0.3) is 67.6 Å². The van der Waals surface area contributed by atoms with E-state index < -0.39 is 0 Å². The van der Waals surface area contributed by atoms with Crippen molar-refractivity contribution < 1.29 is 14.9 Å². The summed E-state index contributed by atoms with van der Waals surface area (Å²) in [5.41, 5.74) is 18.5. The Bertz CT molecular complexity index is 6210. The Morgan fingerprint density at radius 2 is 0.802 bits per heavy atom. The number of nitrogens with one attached hydrogen (secondary N) is 8. The van der Waals surface area contributed by atoms with Gasteiger partial charge in [-0.25, -0.2) is 39.9 Å². The zero-order valence-corrected chi connectivity index (χ0v) is 77.9. The average Bonchev–Trinajstić information content (AvgIpc) is 1.63. The number of aromatic nitrogens is 24. The highest BCUT2D eigenvalue weighted by atomic mass is 32.1. The van der Waals surface area contributed by atoms with Crippen LogP contribution < -0.4 is 21.3 Å². The molecule has 0 amide bonds. The maximum atomic E-state index is 10.2. The molecule has 39 heteroatoms. The molecule has 3 fully saturated rings. The molecule has 0 radical (unpaired) electrons. The lowest BCUT2D eigenvalue weighted by Crippen LogP contribution is -2.52. The molecule has 3 aliphatic rings. The number of H-pyrrole nitrogens is 4. The first-order chi connectivity index (χ1) is 62.3. The summed E-state index contributed by atoms with van der Waals surface area (Å²) in [6.07, 6.45) is 46.0. The second-order valence-corrected chi connectivity index (χ2v) is 37.1. The van der Waals surface area contributed by atoms with Gasteiger partial charge in [0.05, 0.1) is 138 Å². The van der Waals surface area contributed by atoms with Crippen LogP contribution in [0.3, 0.4) is 0 Å². The van der Waals surface area contributed by atoms with Crippen molar-refractivity contribution in [1.82, 2.24) is 135 Å². The Morgan fingerprint density at radius 3 is 1.12 bits per heavy atom. The van der Waals surface area contributed by atoms with E-state index in [2.05, 4.69) is 184 Å². The van der Waals surface area contributed by atoms with E-state index in [4.69, 9.17) is 32.8 Å². The molecule has 1 atom stereocenters. The van der Waals surface area contributed by atoms with Gasteiger partial charge < -0.3 is 36.2 Å². The number of rotatable bonds is 33. The van der Waals surface area contributed by atoms with Crippen LogP contribution in [0.1, 0.15) is 206 Å². The molecule has 16 aromatic rings. The van der Waals surface area contributed by atoms with Crippen molar-refractivity contribution >= 4 is 112 Å². The van der Waals surface area contributed by atoms with Gasteiger partial charge in [0.25, 0.3) is 0 Å². The lowest BCUT2D eigenvalue weighted by atomic mass is 9.80. The maximum Gasteiger partial charge on any atom is 0.180 e. The van der Waals surface area contributed by atoms with Gasteiger partial charge in [-0.3, -0.25) is 57.6 Å². The van der Waals surface area contributed by atoms with Crippen LogP contribution in [0.4, 0.5) is 43.3 Å². The predicted octanol–water partition coefficient (Wildman–Crippen LogP) is 18.9. The molecule has 1 aliphatic heterocycles. The van der Waals surface area contributed by atoms with E-state index in [0.29, 0.717) is 17.7 Å². The van der Waals surface area contributed by atoms with Crippen molar-refractivity contribution in [2.75, 3.05) is 73.9 Å². The van der Waals surface area contributed by atoms with Gasteiger partial charge in [0.1, 0.15) is 20.0 Å². The summed E-state index contributed by atoms with van der Waals surface area (Å²) < 4.78 is 32.6. The van der Waals surface area contributed by atoms with Crippen LogP contribution in [0.15, 0.2) is 123 Å². The van der Waals surface area contributed by atoms with E-state index in [9.17, 15) is 10.2 Å². The van der Waals surface area contributed by atoms with Crippen LogP contribution in [-0.4, -0.2) is 221 Å². The third-order valence-corrected chi connectivity index (χ3v) is 27.7. The van der Waals surface area contributed by atoms with Crippen LogP contribution in [0.5, 0.6) is 0 Å². The van der Waals surface area contributed by atoms with Crippen molar-refractivity contribution in [1.29, 1.82) is 0 Å². The van der Waals surface area contributed by atoms with Crippen molar-refractivity contribution in [2.45, 2.75) is 237 Å². The fraction of sp³-hybridized carbons (Fsp3) is 0.478. The second kappa shape index (κ2) is 44.3. The van der Waals surface area contributed by atoms with Gasteiger partial charge >= 0.3 is 0 Å². The number of ether oxygens (including phenoxy) is 1. The second-order valence-electron chi connectivity index (χ2n) is 33.9. The fourth-order valence-corrected chi connectivity index (χ4v) is 20.3. The van der Waals surface area contributed by atoms with Gasteiger partial charge in [-0.1, -0.05) is 88.5 Å². The number of aromatic amines is 4.